The molecule has 0 radical (unpaired) electrons. The fourth-order valence-corrected chi connectivity index (χ4v) is 5.35. The molecule has 0 aromatic heterocycles. The number of aryl methyl sites for hydroxylation is 3. The maximum Gasteiger partial charge on any atom is 0.282 e. The number of nitrogens with zero attached hydrogens (tertiary/aromatic N) is 2. The van der Waals surface area contributed by atoms with Crippen LogP contribution in [0, 0.1) is 20.8 Å². The second-order valence-electron chi connectivity index (χ2n) is 7.67. The summed E-state index contributed by atoms with van der Waals surface area (Å²) in [7, 11) is -0.702. The van der Waals surface area contributed by atoms with Gasteiger partial charge in [0.1, 0.15) is 11.5 Å². The summed E-state index contributed by atoms with van der Waals surface area (Å²) >= 11 is 0. The highest BCUT2D eigenvalue weighted by atomic mass is 32.2. The first-order valence-electron chi connectivity index (χ1n) is 9.99. The molecule has 168 valence electrons. The monoisotopic (exact) mass is 447 g/mol. The number of ether oxygens (including phenoxy) is 2. The topological polar surface area (TPSA) is 88.2 Å². The number of carbonyl (C=O) groups excluding carboxylic acids is 1. The lowest BCUT2D eigenvalue weighted by atomic mass is 10.00. The Morgan fingerprint density at radius 1 is 1.00 bits per heavy atom. The van der Waals surface area contributed by atoms with E-state index in [1.165, 1.54) is 22.8 Å². The van der Waals surface area contributed by atoms with Gasteiger partial charge in [-0.15, -0.1) is 0 Å². The van der Waals surface area contributed by atoms with E-state index < -0.39 is 16.1 Å². The molecule has 0 bridgehead atoms. The summed E-state index contributed by atoms with van der Waals surface area (Å²) in [6, 6.07) is 9.11. The van der Waals surface area contributed by atoms with Gasteiger partial charge in [0.15, 0.2) is 0 Å². The number of hydrogen-bond acceptors (Lipinski definition) is 5. The summed E-state index contributed by atoms with van der Waals surface area (Å²) in [5.41, 5.74) is 4.73. The lowest BCUT2D eigenvalue weighted by Crippen LogP contribution is -2.38. The number of benzene rings is 2. The molecule has 0 atom stereocenters. The van der Waals surface area contributed by atoms with Gasteiger partial charge in [0, 0.05) is 25.7 Å². The second kappa shape index (κ2) is 9.25. The quantitative estimate of drug-likeness (QED) is 0.705. The zero-order valence-electron chi connectivity index (χ0n) is 18.6. The van der Waals surface area contributed by atoms with E-state index in [0.717, 1.165) is 22.3 Å². The molecule has 1 amide bonds. The number of carbonyl (C=O) groups is 1. The third kappa shape index (κ3) is 5.00. The Labute approximate surface area is 183 Å². The van der Waals surface area contributed by atoms with Crippen LogP contribution < -0.4 is 14.8 Å². The molecule has 0 saturated carbocycles. The Balaban J connectivity index is 1.69. The molecule has 3 rings (SSSR count). The van der Waals surface area contributed by atoms with Gasteiger partial charge in [-0.2, -0.15) is 17.0 Å². The minimum atomic E-state index is -3.73. The number of hydrogen-bond donors (Lipinski definition) is 1. The van der Waals surface area contributed by atoms with Crippen LogP contribution in [-0.2, 0) is 21.5 Å². The van der Waals surface area contributed by atoms with Crippen molar-refractivity contribution >= 4 is 21.8 Å². The van der Waals surface area contributed by atoms with Gasteiger partial charge in [0.2, 0.25) is 5.91 Å². The molecule has 0 unspecified atom stereocenters. The van der Waals surface area contributed by atoms with E-state index in [1.807, 2.05) is 20.8 Å². The minimum Gasteiger partial charge on any atom is -0.497 e. The summed E-state index contributed by atoms with van der Waals surface area (Å²) in [5.74, 6) is 0.592. The summed E-state index contributed by atoms with van der Waals surface area (Å²) in [6.45, 7) is 6.64. The van der Waals surface area contributed by atoms with Gasteiger partial charge in [-0.3, -0.25) is 4.79 Å². The fourth-order valence-electron chi connectivity index (χ4n) is 3.83. The zero-order chi connectivity index (χ0) is 22.8. The van der Waals surface area contributed by atoms with E-state index in [4.69, 9.17) is 9.47 Å². The number of methoxy groups -OCH3 is 2. The lowest BCUT2D eigenvalue weighted by molar-refractivity contribution is -0.116. The van der Waals surface area contributed by atoms with Crippen molar-refractivity contribution in [2.75, 3.05) is 39.2 Å². The van der Waals surface area contributed by atoms with Crippen molar-refractivity contribution in [3.63, 3.8) is 0 Å². The van der Waals surface area contributed by atoms with Crippen LogP contribution in [0.3, 0.4) is 0 Å². The van der Waals surface area contributed by atoms with E-state index in [1.54, 1.807) is 18.2 Å². The molecule has 2 aromatic carbocycles. The second-order valence-corrected chi connectivity index (χ2v) is 9.60. The van der Waals surface area contributed by atoms with E-state index in [9.17, 15) is 13.2 Å². The summed E-state index contributed by atoms with van der Waals surface area (Å²) < 4.78 is 39.1. The normalized spacial score (nSPS) is 16.3. The molecule has 1 fully saturated rings. The van der Waals surface area contributed by atoms with Crippen molar-refractivity contribution in [3.05, 3.63) is 52.6 Å². The molecule has 0 aliphatic carbocycles. The highest BCUT2D eigenvalue weighted by Crippen LogP contribution is 2.29. The van der Waals surface area contributed by atoms with Crippen LogP contribution in [0.4, 0.5) is 5.69 Å². The Morgan fingerprint density at radius 3 is 2.26 bits per heavy atom. The van der Waals surface area contributed by atoms with E-state index in [2.05, 4.69) is 17.4 Å². The fraction of sp³-hybridized carbons (Fsp3) is 0.409. The molecule has 0 spiro atoms. The molecule has 31 heavy (non-hydrogen) atoms. The Morgan fingerprint density at radius 2 is 1.65 bits per heavy atom. The van der Waals surface area contributed by atoms with Crippen LogP contribution in [0.5, 0.6) is 11.5 Å². The van der Waals surface area contributed by atoms with Gasteiger partial charge < -0.3 is 14.8 Å². The highest BCUT2D eigenvalue weighted by molar-refractivity contribution is 7.87. The number of amides is 1. The molecule has 2 aromatic rings. The van der Waals surface area contributed by atoms with Crippen molar-refractivity contribution in [3.8, 4) is 11.5 Å². The van der Waals surface area contributed by atoms with Crippen LogP contribution in [-0.4, -0.2) is 56.8 Å². The molecule has 1 aliphatic rings. The van der Waals surface area contributed by atoms with Gasteiger partial charge in [-0.05, 0) is 49.6 Å². The molecule has 1 aliphatic heterocycles. The average molecular weight is 448 g/mol. The molecule has 1 N–H and O–H groups in total. The molecule has 9 heteroatoms. The third-order valence-electron chi connectivity index (χ3n) is 5.43. The summed E-state index contributed by atoms with van der Waals surface area (Å²) in [5, 5.41) is 2.72. The smallest absolute Gasteiger partial charge is 0.282 e. The number of rotatable bonds is 7. The number of anilines is 1. The standard InChI is InChI=1S/C22H29N3O5S/c1-15-10-16(2)19(17(3)11-15)13-24-8-9-25(31(24,27)28)14-22(26)23-20-7-6-18(29-4)12-21(20)30-5/h6-7,10-12H,8-9,13-14H2,1-5H3,(H,23,26). The van der Waals surface area contributed by atoms with E-state index >= 15 is 0 Å². The van der Waals surface area contributed by atoms with Crippen LogP contribution in [0.15, 0.2) is 30.3 Å². The van der Waals surface area contributed by atoms with Crippen LogP contribution in [0.2, 0.25) is 0 Å². The van der Waals surface area contributed by atoms with E-state index in [0.29, 0.717) is 30.3 Å². The summed E-state index contributed by atoms with van der Waals surface area (Å²) in [6.07, 6.45) is 0. The molecule has 8 nitrogen and oxygen atoms in total. The highest BCUT2D eigenvalue weighted by Gasteiger charge is 2.38. The van der Waals surface area contributed by atoms with Crippen LogP contribution >= 0.6 is 0 Å². The van der Waals surface area contributed by atoms with Crippen molar-refractivity contribution < 1.29 is 22.7 Å². The van der Waals surface area contributed by atoms with Gasteiger partial charge in [0.25, 0.3) is 10.2 Å². The molecular formula is C22H29N3O5S. The predicted molar refractivity (Wildman–Crippen MR) is 120 cm³/mol. The van der Waals surface area contributed by atoms with Gasteiger partial charge in [-0.25, -0.2) is 0 Å². The maximum absolute atomic E-state index is 13.0. The average Bonchev–Trinajstić information content (AvgIpc) is 2.98. The lowest BCUT2D eigenvalue weighted by Gasteiger charge is -2.21. The van der Waals surface area contributed by atoms with Crippen molar-refractivity contribution in [2.24, 2.45) is 0 Å². The van der Waals surface area contributed by atoms with E-state index in [-0.39, 0.29) is 13.1 Å². The first-order valence-corrected chi connectivity index (χ1v) is 11.4. The Hall–Kier alpha value is -2.62. The van der Waals surface area contributed by atoms with Crippen molar-refractivity contribution in [1.82, 2.24) is 8.61 Å². The number of nitrogens with one attached hydrogen (secondary N) is 1. The SMILES string of the molecule is COc1ccc(NC(=O)CN2CCN(Cc3c(C)cc(C)cc3C)S2(=O)=O)c(OC)c1. The molecule has 1 saturated heterocycles. The van der Waals surface area contributed by atoms with Crippen molar-refractivity contribution in [1.29, 1.82) is 0 Å². The van der Waals surface area contributed by atoms with Crippen LogP contribution in [0.1, 0.15) is 22.3 Å². The first-order chi connectivity index (χ1) is 14.6. The predicted octanol–water partition coefficient (Wildman–Crippen LogP) is 2.63. The minimum absolute atomic E-state index is 0.263. The van der Waals surface area contributed by atoms with Gasteiger partial charge in [0.05, 0.1) is 26.5 Å². The molecular weight excluding hydrogens is 418 g/mol. The summed E-state index contributed by atoms with van der Waals surface area (Å²) in [4.78, 5) is 12.6. The molecule has 1 heterocycles. The third-order valence-corrected chi connectivity index (χ3v) is 7.36. The largest absolute Gasteiger partial charge is 0.497 e. The zero-order valence-corrected chi connectivity index (χ0v) is 19.4. The van der Waals surface area contributed by atoms with Gasteiger partial charge in [-0.1, -0.05) is 17.7 Å². The Bertz CT molecular complexity index is 1060. The first kappa shape index (κ1) is 23.1. The van der Waals surface area contributed by atoms with Gasteiger partial charge >= 0.3 is 0 Å². The Kier molecular flexibility index (Phi) is 6.88. The van der Waals surface area contributed by atoms with Crippen LogP contribution in [0.25, 0.3) is 0 Å². The maximum atomic E-state index is 13.0. The van der Waals surface area contributed by atoms with Crippen molar-refractivity contribution in [2.45, 2.75) is 27.3 Å².